The number of amides is 1. The Morgan fingerprint density at radius 1 is 1.47 bits per heavy atom. The summed E-state index contributed by atoms with van der Waals surface area (Å²) in [6.45, 7) is 0.602. The Bertz CT molecular complexity index is 320. The van der Waals surface area contributed by atoms with E-state index in [2.05, 4.69) is 4.98 Å². The van der Waals surface area contributed by atoms with Crippen molar-refractivity contribution in [1.29, 1.82) is 0 Å². The van der Waals surface area contributed by atoms with Crippen molar-refractivity contribution in [2.75, 3.05) is 11.4 Å². The molecule has 6 heteroatoms. The summed E-state index contributed by atoms with van der Waals surface area (Å²) in [4.78, 5) is 17.0. The molecule has 1 fully saturated rings. The number of halogens is 2. The number of rotatable bonds is 1. The third-order valence-electron chi connectivity index (χ3n) is 2.11. The van der Waals surface area contributed by atoms with Crippen molar-refractivity contribution in [3.05, 3.63) is 24.5 Å². The first-order valence-electron chi connectivity index (χ1n) is 4.23. The van der Waals surface area contributed by atoms with Gasteiger partial charge in [-0.3, -0.25) is 9.78 Å². The zero-order chi connectivity index (χ0) is 9.26. The van der Waals surface area contributed by atoms with Gasteiger partial charge in [-0.1, -0.05) is 0 Å². The quantitative estimate of drug-likeness (QED) is 0.808. The maximum Gasteiger partial charge on any atom is 0.228 e. The molecule has 1 atom stereocenters. The van der Waals surface area contributed by atoms with Gasteiger partial charge in [-0.2, -0.15) is 0 Å². The van der Waals surface area contributed by atoms with Gasteiger partial charge in [0.2, 0.25) is 5.91 Å². The van der Waals surface area contributed by atoms with Crippen molar-refractivity contribution in [1.82, 2.24) is 4.98 Å². The molecular formula is C9H13Cl2N3O. The first-order valence-corrected chi connectivity index (χ1v) is 4.23. The lowest BCUT2D eigenvalue weighted by atomic mass is 10.3. The van der Waals surface area contributed by atoms with Crippen LogP contribution in [0.15, 0.2) is 24.5 Å². The van der Waals surface area contributed by atoms with Crippen molar-refractivity contribution in [2.45, 2.75) is 12.5 Å². The molecule has 2 N–H and O–H groups in total. The fourth-order valence-electron chi connectivity index (χ4n) is 1.50. The van der Waals surface area contributed by atoms with E-state index in [0.717, 1.165) is 5.69 Å². The molecule has 1 amide bonds. The number of anilines is 1. The lowest BCUT2D eigenvalue weighted by Crippen LogP contribution is -2.27. The fourth-order valence-corrected chi connectivity index (χ4v) is 1.50. The van der Waals surface area contributed by atoms with Crippen LogP contribution >= 0.6 is 24.8 Å². The Hall–Kier alpha value is -0.840. The summed E-state index contributed by atoms with van der Waals surface area (Å²) in [6.07, 6.45) is 3.80. The number of carbonyl (C=O) groups is 1. The molecular weight excluding hydrogens is 237 g/mol. The fraction of sp³-hybridized carbons (Fsp3) is 0.333. The van der Waals surface area contributed by atoms with E-state index in [4.69, 9.17) is 5.73 Å². The Morgan fingerprint density at radius 3 is 2.67 bits per heavy atom. The van der Waals surface area contributed by atoms with Crippen molar-refractivity contribution in [3.63, 3.8) is 0 Å². The second-order valence-corrected chi connectivity index (χ2v) is 3.18. The third-order valence-corrected chi connectivity index (χ3v) is 2.11. The number of aromatic nitrogens is 1. The van der Waals surface area contributed by atoms with Crippen LogP contribution in [0.25, 0.3) is 0 Å². The monoisotopic (exact) mass is 249 g/mol. The molecule has 1 aliphatic rings. The average Bonchev–Trinajstić information content (AvgIpc) is 2.47. The summed E-state index contributed by atoms with van der Waals surface area (Å²) in [7, 11) is 0. The van der Waals surface area contributed by atoms with E-state index in [1.165, 1.54) is 0 Å². The highest BCUT2D eigenvalue weighted by Crippen LogP contribution is 2.18. The van der Waals surface area contributed by atoms with Crippen LogP contribution in [-0.4, -0.2) is 23.5 Å². The molecule has 4 nitrogen and oxygen atoms in total. The molecule has 1 aromatic rings. The highest BCUT2D eigenvalue weighted by molar-refractivity contribution is 5.96. The minimum atomic E-state index is -0.0345. The standard InChI is InChI=1S/C9H11N3O.2ClH/c10-7-4-9(13)12(6-7)8-2-1-3-11-5-8;;/h1-3,5,7H,4,6,10H2;2*1H. The van der Waals surface area contributed by atoms with E-state index in [-0.39, 0.29) is 36.8 Å². The van der Waals surface area contributed by atoms with Gasteiger partial charge in [0.05, 0.1) is 11.9 Å². The number of pyridine rings is 1. The molecule has 0 bridgehead atoms. The van der Waals surface area contributed by atoms with Gasteiger partial charge in [0, 0.05) is 25.2 Å². The predicted octanol–water partition coefficient (Wildman–Crippen LogP) is 0.989. The SMILES string of the molecule is Cl.Cl.NC1CC(=O)N(c2cccnc2)C1. The minimum Gasteiger partial charge on any atom is -0.326 e. The first-order chi connectivity index (χ1) is 6.27. The van der Waals surface area contributed by atoms with Gasteiger partial charge in [0.1, 0.15) is 0 Å². The van der Waals surface area contributed by atoms with Crippen LogP contribution in [0, 0.1) is 0 Å². The molecule has 15 heavy (non-hydrogen) atoms. The highest BCUT2D eigenvalue weighted by atomic mass is 35.5. The second kappa shape index (κ2) is 5.90. The van der Waals surface area contributed by atoms with Crippen LogP contribution in [0.3, 0.4) is 0 Å². The molecule has 1 saturated heterocycles. The Labute approximate surface area is 101 Å². The maximum absolute atomic E-state index is 11.4. The molecule has 2 rings (SSSR count). The average molecular weight is 250 g/mol. The topological polar surface area (TPSA) is 59.2 Å². The smallest absolute Gasteiger partial charge is 0.228 e. The number of nitrogens with two attached hydrogens (primary N) is 1. The predicted molar refractivity (Wildman–Crippen MR) is 63.7 cm³/mol. The lowest BCUT2D eigenvalue weighted by molar-refractivity contribution is -0.117. The van der Waals surface area contributed by atoms with Crippen molar-refractivity contribution >= 4 is 36.4 Å². The van der Waals surface area contributed by atoms with E-state index >= 15 is 0 Å². The molecule has 1 aliphatic heterocycles. The molecule has 0 radical (unpaired) electrons. The van der Waals surface area contributed by atoms with E-state index in [1.54, 1.807) is 17.3 Å². The zero-order valence-electron chi connectivity index (χ0n) is 8.00. The molecule has 2 heterocycles. The van der Waals surface area contributed by atoms with Gasteiger partial charge < -0.3 is 10.6 Å². The maximum atomic E-state index is 11.4. The van der Waals surface area contributed by atoms with Crippen molar-refractivity contribution in [2.24, 2.45) is 5.73 Å². The summed E-state index contributed by atoms with van der Waals surface area (Å²) >= 11 is 0. The summed E-state index contributed by atoms with van der Waals surface area (Å²) in [6, 6.07) is 3.64. The van der Waals surface area contributed by atoms with E-state index < -0.39 is 0 Å². The molecule has 0 spiro atoms. The zero-order valence-corrected chi connectivity index (χ0v) is 9.63. The minimum absolute atomic E-state index is 0. The highest BCUT2D eigenvalue weighted by Gasteiger charge is 2.27. The molecule has 0 aromatic carbocycles. The van der Waals surface area contributed by atoms with Gasteiger partial charge in [0.25, 0.3) is 0 Å². The van der Waals surface area contributed by atoms with Crippen LogP contribution in [0.1, 0.15) is 6.42 Å². The van der Waals surface area contributed by atoms with Crippen molar-refractivity contribution < 1.29 is 4.79 Å². The summed E-state index contributed by atoms with van der Waals surface area (Å²) in [5, 5.41) is 0. The van der Waals surface area contributed by atoms with Gasteiger partial charge in [-0.25, -0.2) is 0 Å². The summed E-state index contributed by atoms with van der Waals surface area (Å²) in [5.74, 6) is 0.0838. The van der Waals surface area contributed by atoms with Gasteiger partial charge in [-0.05, 0) is 12.1 Å². The Morgan fingerprint density at radius 2 is 2.20 bits per heavy atom. The van der Waals surface area contributed by atoms with E-state index in [1.807, 2.05) is 12.1 Å². The number of hydrogen-bond acceptors (Lipinski definition) is 3. The third kappa shape index (κ3) is 3.06. The largest absolute Gasteiger partial charge is 0.326 e. The first kappa shape index (κ1) is 14.2. The Balaban J connectivity index is 0.000000980. The lowest BCUT2D eigenvalue weighted by Gasteiger charge is -2.14. The molecule has 1 unspecified atom stereocenters. The molecule has 0 aliphatic carbocycles. The van der Waals surface area contributed by atoms with Crippen LogP contribution in [0.4, 0.5) is 5.69 Å². The van der Waals surface area contributed by atoms with Crippen LogP contribution in [-0.2, 0) is 4.79 Å². The van der Waals surface area contributed by atoms with Crippen LogP contribution < -0.4 is 10.6 Å². The number of hydrogen-bond donors (Lipinski definition) is 1. The van der Waals surface area contributed by atoms with Crippen LogP contribution in [0.2, 0.25) is 0 Å². The molecule has 84 valence electrons. The second-order valence-electron chi connectivity index (χ2n) is 3.18. The number of nitrogens with zero attached hydrogens (tertiary/aromatic N) is 2. The normalized spacial score (nSPS) is 19.4. The van der Waals surface area contributed by atoms with E-state index in [9.17, 15) is 4.79 Å². The van der Waals surface area contributed by atoms with Crippen molar-refractivity contribution in [3.8, 4) is 0 Å². The van der Waals surface area contributed by atoms with Gasteiger partial charge in [0.15, 0.2) is 0 Å². The Kier molecular flexibility index (Phi) is 5.57. The van der Waals surface area contributed by atoms with Crippen LogP contribution in [0.5, 0.6) is 0 Å². The number of carbonyl (C=O) groups excluding carboxylic acids is 1. The molecule has 0 saturated carbocycles. The summed E-state index contributed by atoms with van der Waals surface area (Å²) in [5.41, 5.74) is 6.50. The van der Waals surface area contributed by atoms with E-state index in [0.29, 0.717) is 13.0 Å². The van der Waals surface area contributed by atoms with Gasteiger partial charge >= 0.3 is 0 Å². The van der Waals surface area contributed by atoms with Gasteiger partial charge in [-0.15, -0.1) is 24.8 Å². The molecule has 1 aromatic heterocycles. The summed E-state index contributed by atoms with van der Waals surface area (Å²) < 4.78 is 0.